The van der Waals surface area contributed by atoms with Crippen molar-refractivity contribution >= 4 is 11.9 Å². The number of aromatic amines is 1. The number of hydrogen-bond donors (Lipinski definition) is 3. The largest absolute Gasteiger partial charge is 0.478 e. The Bertz CT molecular complexity index is 528. The zero-order valence-electron chi connectivity index (χ0n) is 11.6. The van der Waals surface area contributed by atoms with Gasteiger partial charge in [0, 0.05) is 0 Å². The predicted molar refractivity (Wildman–Crippen MR) is 75.3 cm³/mol. The van der Waals surface area contributed by atoms with E-state index in [4.69, 9.17) is 10.2 Å². The number of carbonyl (C=O) groups is 2. The summed E-state index contributed by atoms with van der Waals surface area (Å²) in [6.07, 6.45) is 7.67. The van der Waals surface area contributed by atoms with Crippen LogP contribution in [0.2, 0.25) is 0 Å². The molecule has 3 N–H and O–H groups in total. The summed E-state index contributed by atoms with van der Waals surface area (Å²) in [5.74, 6) is -2.24. The molecule has 21 heavy (non-hydrogen) atoms. The standard InChI is InChI=1S/C9H8O4.C3H6.C2H3N3/c1-5-2-6(8(10)11)4-7(3-5)9(12)13;1-2-3-1;1-2-4-5-3-1/h2-4H,1H3,(H,10,11)(H,12,13);1-3H2;1-2H,(H,3,4,5). The summed E-state index contributed by atoms with van der Waals surface area (Å²) in [4.78, 5) is 21.1. The van der Waals surface area contributed by atoms with Gasteiger partial charge in [0.05, 0.1) is 23.5 Å². The molecule has 1 heterocycles. The minimum Gasteiger partial charge on any atom is -0.478 e. The topological polar surface area (TPSA) is 116 Å². The van der Waals surface area contributed by atoms with Gasteiger partial charge in [-0.2, -0.15) is 15.4 Å². The highest BCUT2D eigenvalue weighted by Gasteiger charge is 2.09. The van der Waals surface area contributed by atoms with Gasteiger partial charge < -0.3 is 10.2 Å². The molecule has 1 fully saturated rings. The number of aryl methyl sites for hydroxylation is 1. The Morgan fingerprint density at radius 1 is 0.952 bits per heavy atom. The first-order valence-electron chi connectivity index (χ1n) is 6.38. The maximum Gasteiger partial charge on any atom is 0.335 e. The number of nitrogens with zero attached hydrogens (tertiary/aromatic N) is 2. The molecule has 3 rings (SSSR count). The molecular formula is C14H17N3O4. The molecule has 1 aliphatic rings. The fraction of sp³-hybridized carbons (Fsp3) is 0.286. The maximum absolute atomic E-state index is 10.5. The average Bonchev–Trinajstić information content (AvgIpc) is 3.20. The summed E-state index contributed by atoms with van der Waals surface area (Å²) in [7, 11) is 0. The van der Waals surface area contributed by atoms with Crippen LogP contribution in [0.4, 0.5) is 0 Å². The summed E-state index contributed by atoms with van der Waals surface area (Å²) < 4.78 is 0. The summed E-state index contributed by atoms with van der Waals surface area (Å²) in [5.41, 5.74) is 0.618. The molecule has 0 saturated heterocycles. The smallest absolute Gasteiger partial charge is 0.335 e. The van der Waals surface area contributed by atoms with Gasteiger partial charge in [-0.15, -0.1) is 0 Å². The van der Waals surface area contributed by atoms with Gasteiger partial charge in [-0.05, 0) is 30.7 Å². The SMILES string of the molecule is C1CC1.Cc1cc(C(=O)O)cc(C(=O)O)c1.c1cn[nH]n1. The predicted octanol–water partition coefficient (Wildman–Crippen LogP) is 2.37. The number of nitrogens with one attached hydrogen (secondary N) is 1. The van der Waals surface area contributed by atoms with Crippen LogP contribution in [0.1, 0.15) is 45.5 Å². The van der Waals surface area contributed by atoms with E-state index in [9.17, 15) is 9.59 Å². The van der Waals surface area contributed by atoms with E-state index in [1.165, 1.54) is 31.4 Å². The number of aromatic carboxylic acids is 2. The van der Waals surface area contributed by atoms with Gasteiger partial charge in [0.25, 0.3) is 0 Å². The van der Waals surface area contributed by atoms with Crippen molar-refractivity contribution < 1.29 is 19.8 Å². The first kappa shape index (κ1) is 16.4. The van der Waals surface area contributed by atoms with E-state index in [2.05, 4.69) is 15.4 Å². The Morgan fingerprint density at radius 2 is 1.38 bits per heavy atom. The van der Waals surface area contributed by atoms with Crippen molar-refractivity contribution in [3.05, 3.63) is 47.3 Å². The number of hydrogen-bond acceptors (Lipinski definition) is 4. The second-order valence-corrected chi connectivity index (χ2v) is 4.42. The summed E-state index contributed by atoms with van der Waals surface area (Å²) in [5, 5.41) is 26.6. The van der Waals surface area contributed by atoms with Crippen molar-refractivity contribution in [2.45, 2.75) is 26.2 Å². The molecule has 0 bridgehead atoms. The van der Waals surface area contributed by atoms with Crippen LogP contribution in [0.3, 0.4) is 0 Å². The number of benzene rings is 1. The van der Waals surface area contributed by atoms with Crippen LogP contribution < -0.4 is 0 Å². The molecule has 0 aliphatic heterocycles. The van der Waals surface area contributed by atoms with Gasteiger partial charge in [-0.3, -0.25) is 0 Å². The number of carboxylic acid groups (broad SMARTS) is 2. The molecule has 0 unspecified atom stereocenters. The van der Waals surface area contributed by atoms with E-state index in [1.807, 2.05) is 0 Å². The van der Waals surface area contributed by atoms with E-state index >= 15 is 0 Å². The zero-order valence-corrected chi connectivity index (χ0v) is 11.6. The minimum absolute atomic E-state index is 0.00241. The lowest BCUT2D eigenvalue weighted by atomic mass is 10.1. The lowest BCUT2D eigenvalue weighted by Gasteiger charge is -1.99. The summed E-state index contributed by atoms with van der Waals surface area (Å²) >= 11 is 0. The number of H-pyrrole nitrogens is 1. The van der Waals surface area contributed by atoms with Gasteiger partial charge in [-0.1, -0.05) is 19.3 Å². The van der Waals surface area contributed by atoms with E-state index in [1.54, 1.807) is 19.3 Å². The van der Waals surface area contributed by atoms with E-state index in [0.717, 1.165) is 6.07 Å². The molecular weight excluding hydrogens is 274 g/mol. The fourth-order valence-electron chi connectivity index (χ4n) is 1.20. The highest BCUT2D eigenvalue weighted by molar-refractivity contribution is 5.94. The third-order valence-corrected chi connectivity index (χ3v) is 2.26. The molecule has 7 heteroatoms. The Balaban J connectivity index is 0.000000221. The second kappa shape index (κ2) is 8.47. The molecule has 7 nitrogen and oxygen atoms in total. The third-order valence-electron chi connectivity index (χ3n) is 2.26. The summed E-state index contributed by atoms with van der Waals surface area (Å²) in [6.45, 7) is 1.65. The molecule has 1 aromatic carbocycles. The molecule has 1 aliphatic carbocycles. The highest BCUT2D eigenvalue weighted by Crippen LogP contribution is 2.14. The lowest BCUT2D eigenvalue weighted by Crippen LogP contribution is -2.02. The van der Waals surface area contributed by atoms with Crippen molar-refractivity contribution in [1.29, 1.82) is 0 Å². The quantitative estimate of drug-likeness (QED) is 0.782. The molecule has 2 aromatic rings. The van der Waals surface area contributed by atoms with Gasteiger partial charge in [0.2, 0.25) is 0 Å². The Hall–Kier alpha value is -2.70. The van der Waals surface area contributed by atoms with Gasteiger partial charge >= 0.3 is 11.9 Å². The Morgan fingerprint density at radius 3 is 1.62 bits per heavy atom. The molecule has 1 saturated carbocycles. The van der Waals surface area contributed by atoms with Crippen LogP contribution >= 0.6 is 0 Å². The van der Waals surface area contributed by atoms with E-state index < -0.39 is 11.9 Å². The van der Waals surface area contributed by atoms with Crippen LogP contribution in [-0.2, 0) is 0 Å². The maximum atomic E-state index is 10.5. The van der Waals surface area contributed by atoms with Crippen LogP contribution in [-0.4, -0.2) is 37.6 Å². The molecule has 0 atom stereocenters. The summed E-state index contributed by atoms with van der Waals surface area (Å²) in [6, 6.07) is 3.99. The van der Waals surface area contributed by atoms with E-state index in [-0.39, 0.29) is 11.1 Å². The zero-order chi connectivity index (χ0) is 15.7. The normalized spacial score (nSPS) is 11.3. The molecule has 112 valence electrons. The first-order chi connectivity index (χ1) is 10.0. The van der Waals surface area contributed by atoms with Crippen LogP contribution in [0.15, 0.2) is 30.6 Å². The molecule has 0 radical (unpaired) electrons. The van der Waals surface area contributed by atoms with Gasteiger partial charge in [-0.25, -0.2) is 9.59 Å². The van der Waals surface area contributed by atoms with Gasteiger partial charge in [0.15, 0.2) is 0 Å². The third kappa shape index (κ3) is 7.46. The first-order valence-corrected chi connectivity index (χ1v) is 6.38. The Kier molecular flexibility index (Phi) is 6.59. The van der Waals surface area contributed by atoms with E-state index in [0.29, 0.717) is 5.56 Å². The van der Waals surface area contributed by atoms with Crippen molar-refractivity contribution in [2.24, 2.45) is 0 Å². The number of carboxylic acids is 2. The monoisotopic (exact) mass is 291 g/mol. The molecule has 1 aromatic heterocycles. The number of aromatic nitrogens is 3. The highest BCUT2D eigenvalue weighted by atomic mass is 16.4. The minimum atomic E-state index is -1.12. The lowest BCUT2D eigenvalue weighted by molar-refractivity contribution is 0.0696. The van der Waals surface area contributed by atoms with Crippen molar-refractivity contribution in [3.8, 4) is 0 Å². The molecule has 0 amide bonds. The van der Waals surface area contributed by atoms with Crippen molar-refractivity contribution in [3.63, 3.8) is 0 Å². The number of rotatable bonds is 2. The Labute approximate surface area is 121 Å². The molecule has 0 spiro atoms. The van der Waals surface area contributed by atoms with Crippen molar-refractivity contribution in [2.75, 3.05) is 0 Å². The fourth-order valence-corrected chi connectivity index (χ4v) is 1.20. The van der Waals surface area contributed by atoms with Gasteiger partial charge in [0.1, 0.15) is 0 Å². The second-order valence-electron chi connectivity index (χ2n) is 4.42. The van der Waals surface area contributed by atoms with Crippen LogP contribution in [0.5, 0.6) is 0 Å². The average molecular weight is 291 g/mol. The van der Waals surface area contributed by atoms with Crippen LogP contribution in [0, 0.1) is 6.92 Å². The van der Waals surface area contributed by atoms with Crippen molar-refractivity contribution in [1.82, 2.24) is 15.4 Å². The van der Waals surface area contributed by atoms with Crippen LogP contribution in [0.25, 0.3) is 0 Å².